The van der Waals surface area contributed by atoms with Crippen LogP contribution in [0.15, 0.2) is 4.79 Å². The zero-order valence-corrected chi connectivity index (χ0v) is 18.8. The van der Waals surface area contributed by atoms with Crippen molar-refractivity contribution < 1.29 is 4.79 Å². The Kier molecular flexibility index (Phi) is 5.53. The highest BCUT2D eigenvalue weighted by molar-refractivity contribution is 7.18. The Morgan fingerprint density at radius 2 is 1.93 bits per heavy atom. The monoisotopic (exact) mass is 416 g/mol. The van der Waals surface area contributed by atoms with Crippen LogP contribution in [0.5, 0.6) is 0 Å². The maximum absolute atomic E-state index is 13.2. The fourth-order valence-electron chi connectivity index (χ4n) is 4.88. The molecule has 2 aliphatic rings. The summed E-state index contributed by atoms with van der Waals surface area (Å²) in [6, 6.07) is 0.284. The van der Waals surface area contributed by atoms with Gasteiger partial charge in [0.1, 0.15) is 6.54 Å². The van der Waals surface area contributed by atoms with Gasteiger partial charge in [0.05, 0.1) is 5.39 Å². The molecule has 0 bridgehead atoms. The van der Waals surface area contributed by atoms with Crippen LogP contribution in [0, 0.1) is 11.3 Å². The predicted octanol–water partition coefficient (Wildman–Crippen LogP) is 3.80. The third-order valence-corrected chi connectivity index (χ3v) is 8.10. The summed E-state index contributed by atoms with van der Waals surface area (Å²) < 4.78 is 1.27. The third kappa shape index (κ3) is 3.98. The number of fused-ring (bicyclic) bond motifs is 3. The summed E-state index contributed by atoms with van der Waals surface area (Å²) in [5, 5.41) is 9.12. The Labute approximate surface area is 176 Å². The van der Waals surface area contributed by atoms with E-state index in [9.17, 15) is 9.59 Å². The van der Waals surface area contributed by atoms with Crippen molar-refractivity contribution in [3.63, 3.8) is 0 Å². The Balaban J connectivity index is 1.58. The van der Waals surface area contributed by atoms with Crippen LogP contribution >= 0.6 is 11.3 Å². The molecule has 158 valence electrons. The number of likely N-dealkylation sites (N-methyl/N-ethyl adjacent to an activating group) is 1. The van der Waals surface area contributed by atoms with E-state index in [0.29, 0.717) is 11.3 Å². The fraction of sp³-hybridized carbons (Fsp3) is 0.727. The van der Waals surface area contributed by atoms with E-state index in [0.717, 1.165) is 42.5 Å². The molecule has 1 unspecified atom stereocenters. The number of rotatable bonds is 3. The van der Waals surface area contributed by atoms with Crippen LogP contribution in [0.1, 0.15) is 69.7 Å². The molecule has 0 aromatic carbocycles. The maximum Gasteiger partial charge on any atom is 0.279 e. The first-order valence-corrected chi connectivity index (χ1v) is 11.7. The third-order valence-electron chi connectivity index (χ3n) is 6.96. The van der Waals surface area contributed by atoms with E-state index in [-0.39, 0.29) is 29.5 Å². The molecule has 4 rings (SSSR count). The zero-order valence-electron chi connectivity index (χ0n) is 18.0. The topological polar surface area (TPSA) is 68.1 Å². The molecule has 7 heteroatoms. The lowest BCUT2D eigenvalue weighted by molar-refractivity contribution is -0.133. The molecule has 1 saturated carbocycles. The smallest absolute Gasteiger partial charge is 0.279 e. The molecule has 0 saturated heterocycles. The molecule has 2 aliphatic carbocycles. The summed E-state index contributed by atoms with van der Waals surface area (Å²) in [4.78, 5) is 29.8. The van der Waals surface area contributed by atoms with Crippen molar-refractivity contribution in [2.75, 3.05) is 7.05 Å². The number of hydrogen-bond donors (Lipinski definition) is 0. The minimum atomic E-state index is -0.160. The van der Waals surface area contributed by atoms with Gasteiger partial charge in [0.15, 0.2) is 4.83 Å². The van der Waals surface area contributed by atoms with Gasteiger partial charge in [-0.05, 0) is 49.0 Å². The Morgan fingerprint density at radius 1 is 1.21 bits per heavy atom. The average Bonchev–Trinajstić information content (AvgIpc) is 3.08. The lowest BCUT2D eigenvalue weighted by Crippen LogP contribution is -2.42. The zero-order chi connectivity index (χ0) is 20.8. The largest absolute Gasteiger partial charge is 0.341 e. The van der Waals surface area contributed by atoms with Crippen molar-refractivity contribution in [3.05, 3.63) is 20.8 Å². The maximum atomic E-state index is 13.2. The number of aromatic nitrogens is 3. The Morgan fingerprint density at radius 3 is 2.62 bits per heavy atom. The van der Waals surface area contributed by atoms with Crippen molar-refractivity contribution in [2.45, 2.75) is 84.7 Å². The van der Waals surface area contributed by atoms with Gasteiger partial charge in [-0.15, -0.1) is 16.4 Å². The van der Waals surface area contributed by atoms with E-state index in [1.165, 1.54) is 28.8 Å². The first-order valence-electron chi connectivity index (χ1n) is 10.9. The number of aryl methyl sites for hydroxylation is 1. The number of hydrogen-bond acceptors (Lipinski definition) is 5. The Hall–Kier alpha value is -1.76. The molecule has 1 fully saturated rings. The SMILES string of the molecule is CN(C(=O)Cn1nnc2sc3c(c2c1=O)CCC(C(C)(C)C)C3)C1CCCCC1. The second kappa shape index (κ2) is 7.82. The van der Waals surface area contributed by atoms with Crippen molar-refractivity contribution in [3.8, 4) is 0 Å². The highest BCUT2D eigenvalue weighted by Crippen LogP contribution is 2.41. The van der Waals surface area contributed by atoms with Gasteiger partial charge in [-0.3, -0.25) is 9.59 Å². The summed E-state index contributed by atoms with van der Waals surface area (Å²) >= 11 is 1.61. The van der Waals surface area contributed by atoms with E-state index in [2.05, 4.69) is 31.1 Å². The lowest BCUT2D eigenvalue weighted by atomic mass is 9.72. The van der Waals surface area contributed by atoms with Crippen LogP contribution in [-0.2, 0) is 24.2 Å². The van der Waals surface area contributed by atoms with E-state index < -0.39 is 0 Å². The number of nitrogens with zero attached hydrogens (tertiary/aromatic N) is 4. The quantitative estimate of drug-likeness (QED) is 0.763. The molecular weight excluding hydrogens is 384 g/mol. The number of thiophene rings is 1. The minimum Gasteiger partial charge on any atom is -0.341 e. The van der Waals surface area contributed by atoms with Crippen molar-refractivity contribution in [2.24, 2.45) is 11.3 Å². The van der Waals surface area contributed by atoms with Gasteiger partial charge in [-0.1, -0.05) is 45.2 Å². The van der Waals surface area contributed by atoms with Crippen LogP contribution in [-0.4, -0.2) is 38.9 Å². The number of carbonyl (C=O) groups excluding carboxylic acids is 1. The summed E-state index contributed by atoms with van der Waals surface area (Å²) in [5.74, 6) is 0.563. The molecule has 2 aromatic heterocycles. The lowest BCUT2D eigenvalue weighted by Gasteiger charge is -2.33. The molecule has 0 spiro atoms. The van der Waals surface area contributed by atoms with Crippen LogP contribution < -0.4 is 5.56 Å². The van der Waals surface area contributed by atoms with E-state index in [1.54, 1.807) is 11.3 Å². The van der Waals surface area contributed by atoms with Gasteiger partial charge < -0.3 is 4.90 Å². The number of carbonyl (C=O) groups is 1. The molecule has 0 aliphatic heterocycles. The van der Waals surface area contributed by atoms with E-state index >= 15 is 0 Å². The summed E-state index contributed by atoms with van der Waals surface area (Å²) in [6.07, 6.45) is 8.70. The molecule has 1 amide bonds. The van der Waals surface area contributed by atoms with Gasteiger partial charge in [0.2, 0.25) is 5.91 Å². The summed E-state index contributed by atoms with van der Waals surface area (Å²) in [7, 11) is 1.86. The first-order chi connectivity index (χ1) is 13.8. The summed E-state index contributed by atoms with van der Waals surface area (Å²) in [6.45, 7) is 6.84. The molecule has 1 atom stereocenters. The molecule has 0 N–H and O–H groups in total. The first kappa shape index (κ1) is 20.5. The molecular formula is C22H32N4O2S. The molecule has 29 heavy (non-hydrogen) atoms. The van der Waals surface area contributed by atoms with Crippen LogP contribution in [0.4, 0.5) is 0 Å². The van der Waals surface area contributed by atoms with Gasteiger partial charge in [0.25, 0.3) is 5.56 Å². The van der Waals surface area contributed by atoms with Crippen molar-refractivity contribution >= 4 is 27.5 Å². The fourth-order valence-corrected chi connectivity index (χ4v) is 6.12. The van der Waals surface area contributed by atoms with Gasteiger partial charge in [0, 0.05) is 18.0 Å². The Bertz CT molecular complexity index is 966. The van der Waals surface area contributed by atoms with Crippen LogP contribution in [0.25, 0.3) is 10.2 Å². The second-order valence-corrected chi connectivity index (χ2v) is 10.9. The van der Waals surface area contributed by atoms with E-state index in [1.807, 2.05) is 11.9 Å². The minimum absolute atomic E-state index is 0.0238. The predicted molar refractivity (Wildman–Crippen MR) is 116 cm³/mol. The molecule has 2 heterocycles. The molecule has 0 radical (unpaired) electrons. The highest BCUT2D eigenvalue weighted by Gasteiger charge is 2.32. The van der Waals surface area contributed by atoms with Crippen LogP contribution in [0.2, 0.25) is 0 Å². The molecule has 6 nitrogen and oxygen atoms in total. The van der Waals surface area contributed by atoms with Crippen molar-refractivity contribution in [1.82, 2.24) is 19.9 Å². The van der Waals surface area contributed by atoms with Gasteiger partial charge in [-0.25, -0.2) is 4.68 Å². The average molecular weight is 417 g/mol. The normalized spacial score (nSPS) is 20.6. The summed E-state index contributed by atoms with van der Waals surface area (Å²) in [5.41, 5.74) is 1.25. The highest BCUT2D eigenvalue weighted by atomic mass is 32.1. The second-order valence-electron chi connectivity index (χ2n) is 9.84. The standard InChI is InChI=1S/C22H32N4O2S/c1-22(2,3)14-10-11-16-17(12-14)29-20-19(16)21(28)26(24-23-20)13-18(27)25(4)15-8-6-5-7-9-15/h14-15H,5-13H2,1-4H3. The van der Waals surface area contributed by atoms with Gasteiger partial charge >= 0.3 is 0 Å². The van der Waals surface area contributed by atoms with Gasteiger partial charge in [-0.2, -0.15) is 0 Å². The van der Waals surface area contributed by atoms with E-state index in [4.69, 9.17) is 0 Å². The van der Waals surface area contributed by atoms with Crippen LogP contribution in [0.3, 0.4) is 0 Å². The molecule has 2 aromatic rings. The number of amides is 1. The van der Waals surface area contributed by atoms with Crippen molar-refractivity contribution in [1.29, 1.82) is 0 Å².